The van der Waals surface area contributed by atoms with Gasteiger partial charge < -0.3 is 10.5 Å². The number of benzene rings is 1. The lowest BCUT2D eigenvalue weighted by Gasteiger charge is -2.39. The first-order valence-corrected chi connectivity index (χ1v) is 7.15. The molecule has 18 heavy (non-hydrogen) atoms. The van der Waals surface area contributed by atoms with E-state index in [2.05, 4.69) is 37.3 Å². The molecule has 2 nitrogen and oxygen atoms in total. The van der Waals surface area contributed by atoms with Crippen LogP contribution in [0.5, 0.6) is 0 Å². The molecule has 4 atom stereocenters. The molecule has 2 fully saturated rings. The molecule has 1 aromatic rings. The van der Waals surface area contributed by atoms with E-state index >= 15 is 0 Å². The molecule has 0 amide bonds. The van der Waals surface area contributed by atoms with E-state index in [9.17, 15) is 0 Å². The zero-order valence-corrected chi connectivity index (χ0v) is 11.1. The van der Waals surface area contributed by atoms with Gasteiger partial charge in [-0.2, -0.15) is 0 Å². The molecular formula is C16H23NO. The van der Waals surface area contributed by atoms with Crippen molar-refractivity contribution >= 4 is 0 Å². The van der Waals surface area contributed by atoms with Crippen LogP contribution in [0, 0.1) is 5.92 Å². The summed E-state index contributed by atoms with van der Waals surface area (Å²) in [6.45, 7) is 3.09. The highest BCUT2D eigenvalue weighted by atomic mass is 16.5. The minimum Gasteiger partial charge on any atom is -0.374 e. The molecule has 3 rings (SSSR count). The van der Waals surface area contributed by atoms with Crippen LogP contribution in [-0.4, -0.2) is 18.2 Å². The van der Waals surface area contributed by atoms with Crippen molar-refractivity contribution in [3.63, 3.8) is 0 Å². The van der Waals surface area contributed by atoms with E-state index < -0.39 is 0 Å². The highest BCUT2D eigenvalue weighted by Crippen LogP contribution is 2.52. The SMILES string of the molecule is CC1(C(N)C2CC2c2ccccc2)CCCCO1. The second-order valence-electron chi connectivity index (χ2n) is 6.06. The summed E-state index contributed by atoms with van der Waals surface area (Å²) in [6, 6.07) is 10.9. The maximum absolute atomic E-state index is 6.49. The molecule has 2 N–H and O–H groups in total. The van der Waals surface area contributed by atoms with Crippen molar-refractivity contribution in [2.45, 2.75) is 50.2 Å². The Morgan fingerprint density at radius 1 is 1.28 bits per heavy atom. The zero-order valence-electron chi connectivity index (χ0n) is 11.1. The number of hydrogen-bond acceptors (Lipinski definition) is 2. The average Bonchev–Trinajstić information content (AvgIpc) is 3.20. The van der Waals surface area contributed by atoms with Crippen LogP contribution in [0.1, 0.15) is 44.1 Å². The summed E-state index contributed by atoms with van der Waals surface area (Å²) in [4.78, 5) is 0. The van der Waals surface area contributed by atoms with E-state index in [1.54, 1.807) is 0 Å². The standard InChI is InChI=1S/C16H23NO/c1-16(9-5-6-10-18-16)15(17)14-11-13(14)12-7-3-2-4-8-12/h2-4,7-8,13-15H,5-6,9-11,17H2,1H3. The number of hydrogen-bond donors (Lipinski definition) is 1. The van der Waals surface area contributed by atoms with Crippen LogP contribution in [0.4, 0.5) is 0 Å². The topological polar surface area (TPSA) is 35.2 Å². The molecule has 1 aliphatic carbocycles. The summed E-state index contributed by atoms with van der Waals surface area (Å²) in [6.07, 6.45) is 4.79. The lowest BCUT2D eigenvalue weighted by atomic mass is 9.85. The Hall–Kier alpha value is -0.860. The molecule has 4 unspecified atom stereocenters. The highest BCUT2D eigenvalue weighted by molar-refractivity contribution is 5.27. The van der Waals surface area contributed by atoms with Gasteiger partial charge in [-0.25, -0.2) is 0 Å². The first-order valence-electron chi connectivity index (χ1n) is 7.15. The third-order valence-electron chi connectivity index (χ3n) is 4.73. The first-order chi connectivity index (χ1) is 8.71. The summed E-state index contributed by atoms with van der Waals surface area (Å²) in [5.41, 5.74) is 7.84. The van der Waals surface area contributed by atoms with Gasteiger partial charge in [-0.1, -0.05) is 30.3 Å². The number of ether oxygens (including phenoxy) is 1. The van der Waals surface area contributed by atoms with Crippen molar-refractivity contribution in [2.75, 3.05) is 6.61 Å². The third-order valence-corrected chi connectivity index (χ3v) is 4.73. The Morgan fingerprint density at radius 2 is 2.06 bits per heavy atom. The Labute approximate surface area is 110 Å². The normalized spacial score (nSPS) is 37.2. The maximum atomic E-state index is 6.49. The van der Waals surface area contributed by atoms with Gasteiger partial charge in [0.2, 0.25) is 0 Å². The molecule has 1 saturated heterocycles. The van der Waals surface area contributed by atoms with Crippen molar-refractivity contribution in [1.82, 2.24) is 0 Å². The molecule has 0 spiro atoms. The van der Waals surface area contributed by atoms with Gasteiger partial charge in [0, 0.05) is 12.6 Å². The highest BCUT2D eigenvalue weighted by Gasteiger charge is 2.49. The third kappa shape index (κ3) is 2.19. The van der Waals surface area contributed by atoms with Gasteiger partial charge >= 0.3 is 0 Å². The first kappa shape index (κ1) is 12.2. The molecule has 2 aliphatic rings. The van der Waals surface area contributed by atoms with Crippen LogP contribution < -0.4 is 5.73 Å². The fraction of sp³-hybridized carbons (Fsp3) is 0.625. The molecule has 1 aliphatic heterocycles. The van der Waals surface area contributed by atoms with E-state index in [1.807, 2.05) is 0 Å². The molecule has 0 bridgehead atoms. The van der Waals surface area contributed by atoms with Crippen LogP contribution in [-0.2, 0) is 4.74 Å². The van der Waals surface area contributed by atoms with Gasteiger partial charge in [-0.05, 0) is 50.0 Å². The lowest BCUT2D eigenvalue weighted by molar-refractivity contribution is -0.0853. The molecular weight excluding hydrogens is 222 g/mol. The summed E-state index contributed by atoms with van der Waals surface area (Å²) < 4.78 is 5.99. The van der Waals surface area contributed by atoms with Gasteiger partial charge in [0.15, 0.2) is 0 Å². The van der Waals surface area contributed by atoms with Crippen molar-refractivity contribution in [1.29, 1.82) is 0 Å². The van der Waals surface area contributed by atoms with Crippen molar-refractivity contribution in [3.05, 3.63) is 35.9 Å². The van der Waals surface area contributed by atoms with Crippen molar-refractivity contribution in [3.8, 4) is 0 Å². The van der Waals surface area contributed by atoms with Gasteiger partial charge in [-0.15, -0.1) is 0 Å². The molecule has 2 heteroatoms. The van der Waals surface area contributed by atoms with E-state index in [4.69, 9.17) is 10.5 Å². The Bertz CT molecular complexity index is 397. The maximum Gasteiger partial charge on any atom is 0.0807 e. The predicted molar refractivity (Wildman–Crippen MR) is 73.5 cm³/mol. The largest absolute Gasteiger partial charge is 0.374 e. The fourth-order valence-corrected chi connectivity index (χ4v) is 3.37. The van der Waals surface area contributed by atoms with Gasteiger partial charge in [0.1, 0.15) is 0 Å². The lowest BCUT2D eigenvalue weighted by Crippen LogP contribution is -2.51. The quantitative estimate of drug-likeness (QED) is 0.888. The summed E-state index contributed by atoms with van der Waals surface area (Å²) >= 11 is 0. The minimum absolute atomic E-state index is 0.0908. The van der Waals surface area contributed by atoms with E-state index in [0.717, 1.165) is 13.0 Å². The molecule has 0 aromatic heterocycles. The Balaban J connectivity index is 1.67. The second kappa shape index (κ2) is 4.67. The summed E-state index contributed by atoms with van der Waals surface area (Å²) in [5, 5.41) is 0. The molecule has 1 heterocycles. The second-order valence-corrected chi connectivity index (χ2v) is 6.06. The summed E-state index contributed by atoms with van der Waals surface area (Å²) in [5.74, 6) is 1.26. The smallest absolute Gasteiger partial charge is 0.0807 e. The Morgan fingerprint density at radius 3 is 2.72 bits per heavy atom. The molecule has 1 aromatic carbocycles. The molecule has 1 saturated carbocycles. The monoisotopic (exact) mass is 245 g/mol. The van der Waals surface area contributed by atoms with E-state index in [-0.39, 0.29) is 11.6 Å². The molecule has 98 valence electrons. The van der Waals surface area contributed by atoms with Crippen LogP contribution in [0.25, 0.3) is 0 Å². The van der Waals surface area contributed by atoms with Crippen LogP contribution in [0.3, 0.4) is 0 Å². The Kier molecular flexibility index (Phi) is 3.16. The van der Waals surface area contributed by atoms with Gasteiger partial charge in [0.25, 0.3) is 0 Å². The number of nitrogens with two attached hydrogens (primary N) is 1. The van der Waals surface area contributed by atoms with Gasteiger partial charge in [0.05, 0.1) is 5.60 Å². The average molecular weight is 245 g/mol. The predicted octanol–water partition coefficient (Wildman–Crippen LogP) is 3.08. The molecule has 0 radical (unpaired) electrons. The van der Waals surface area contributed by atoms with Crippen LogP contribution in [0.15, 0.2) is 30.3 Å². The van der Waals surface area contributed by atoms with Crippen LogP contribution in [0.2, 0.25) is 0 Å². The van der Waals surface area contributed by atoms with E-state index in [1.165, 1.54) is 24.8 Å². The minimum atomic E-state index is -0.0908. The zero-order chi connectivity index (χ0) is 12.6. The van der Waals surface area contributed by atoms with Crippen molar-refractivity contribution < 1.29 is 4.74 Å². The van der Waals surface area contributed by atoms with Crippen molar-refractivity contribution in [2.24, 2.45) is 11.7 Å². The van der Waals surface area contributed by atoms with Gasteiger partial charge in [-0.3, -0.25) is 0 Å². The fourth-order valence-electron chi connectivity index (χ4n) is 3.37. The summed E-state index contributed by atoms with van der Waals surface area (Å²) in [7, 11) is 0. The van der Waals surface area contributed by atoms with E-state index in [0.29, 0.717) is 11.8 Å². The van der Waals surface area contributed by atoms with Crippen LogP contribution >= 0.6 is 0 Å². The number of rotatable bonds is 3.